The number of benzene rings is 1. The predicted molar refractivity (Wildman–Crippen MR) is 69.3 cm³/mol. The van der Waals surface area contributed by atoms with Crippen LogP contribution in [0, 0.1) is 13.8 Å². The number of aromatic carboxylic acids is 1. The highest BCUT2D eigenvalue weighted by Crippen LogP contribution is 2.30. The van der Waals surface area contributed by atoms with Gasteiger partial charge >= 0.3 is 12.0 Å². The van der Waals surface area contributed by atoms with Gasteiger partial charge in [-0.15, -0.1) is 5.10 Å². The van der Waals surface area contributed by atoms with E-state index in [0.29, 0.717) is 17.1 Å². The summed E-state index contributed by atoms with van der Waals surface area (Å²) in [5.74, 6) is -0.437. The van der Waals surface area contributed by atoms with Crippen molar-refractivity contribution in [2.24, 2.45) is 0 Å². The second kappa shape index (κ2) is 5.52. The highest BCUT2D eigenvalue weighted by molar-refractivity contribution is 5.88. The first-order valence-electron chi connectivity index (χ1n) is 5.78. The lowest BCUT2D eigenvalue weighted by Gasteiger charge is -2.09. The SMILES string of the molecule is COc1cc(C(=O)O)ccc1Oc1nnc(C)c(C)n1. The van der Waals surface area contributed by atoms with E-state index < -0.39 is 5.97 Å². The largest absolute Gasteiger partial charge is 0.493 e. The van der Waals surface area contributed by atoms with Crippen molar-refractivity contribution in [1.29, 1.82) is 0 Å². The maximum atomic E-state index is 10.9. The average molecular weight is 275 g/mol. The molecule has 7 nitrogen and oxygen atoms in total. The Morgan fingerprint density at radius 3 is 2.50 bits per heavy atom. The first kappa shape index (κ1) is 13.7. The number of rotatable bonds is 4. The summed E-state index contributed by atoms with van der Waals surface area (Å²) in [6.07, 6.45) is 0. The number of hydrogen-bond donors (Lipinski definition) is 1. The Morgan fingerprint density at radius 2 is 1.90 bits per heavy atom. The van der Waals surface area contributed by atoms with Crippen molar-refractivity contribution in [3.63, 3.8) is 0 Å². The van der Waals surface area contributed by atoms with Crippen LogP contribution in [0.4, 0.5) is 0 Å². The summed E-state index contributed by atoms with van der Waals surface area (Å²) in [4.78, 5) is 15.0. The molecule has 0 spiro atoms. The number of aromatic nitrogens is 3. The molecule has 0 atom stereocenters. The van der Waals surface area contributed by atoms with Crippen LogP contribution in [0.3, 0.4) is 0 Å². The average Bonchev–Trinajstić information content (AvgIpc) is 2.43. The van der Waals surface area contributed by atoms with Crippen LogP contribution in [0.25, 0.3) is 0 Å². The van der Waals surface area contributed by atoms with Crippen LogP contribution in [-0.2, 0) is 0 Å². The Morgan fingerprint density at radius 1 is 1.15 bits per heavy atom. The Bertz CT molecular complexity index is 658. The summed E-state index contributed by atoms with van der Waals surface area (Å²) in [5.41, 5.74) is 1.52. The molecule has 0 aliphatic heterocycles. The molecule has 2 aromatic rings. The molecule has 104 valence electrons. The van der Waals surface area contributed by atoms with Gasteiger partial charge in [0.25, 0.3) is 0 Å². The van der Waals surface area contributed by atoms with Gasteiger partial charge in [0, 0.05) is 0 Å². The lowest BCUT2D eigenvalue weighted by Crippen LogP contribution is -2.02. The van der Waals surface area contributed by atoms with Gasteiger partial charge in [-0.1, -0.05) is 5.10 Å². The fraction of sp³-hybridized carbons (Fsp3) is 0.231. The number of ether oxygens (including phenoxy) is 2. The molecule has 0 fully saturated rings. The van der Waals surface area contributed by atoms with Gasteiger partial charge in [-0.25, -0.2) is 4.79 Å². The molecule has 7 heteroatoms. The number of aryl methyl sites for hydroxylation is 2. The molecule has 0 aliphatic rings. The maximum Gasteiger partial charge on any atom is 0.341 e. The molecule has 0 bridgehead atoms. The summed E-state index contributed by atoms with van der Waals surface area (Å²) < 4.78 is 10.6. The zero-order valence-electron chi connectivity index (χ0n) is 11.2. The van der Waals surface area contributed by atoms with Crippen LogP contribution in [-0.4, -0.2) is 33.4 Å². The fourth-order valence-corrected chi connectivity index (χ4v) is 1.46. The molecular weight excluding hydrogens is 262 g/mol. The van der Waals surface area contributed by atoms with Crippen LogP contribution in [0.1, 0.15) is 21.7 Å². The van der Waals surface area contributed by atoms with Gasteiger partial charge in [0.05, 0.1) is 24.1 Å². The fourth-order valence-electron chi connectivity index (χ4n) is 1.46. The van der Waals surface area contributed by atoms with E-state index in [1.807, 2.05) is 0 Å². The zero-order chi connectivity index (χ0) is 14.7. The summed E-state index contributed by atoms with van der Waals surface area (Å²) in [7, 11) is 1.42. The van der Waals surface area contributed by atoms with E-state index in [0.717, 1.165) is 0 Å². The molecular formula is C13H13N3O4. The number of carboxylic acids is 1. The van der Waals surface area contributed by atoms with E-state index in [4.69, 9.17) is 14.6 Å². The molecule has 20 heavy (non-hydrogen) atoms. The molecule has 1 N–H and O–H groups in total. The smallest absolute Gasteiger partial charge is 0.341 e. The van der Waals surface area contributed by atoms with Gasteiger partial charge in [0.1, 0.15) is 0 Å². The van der Waals surface area contributed by atoms with Gasteiger partial charge < -0.3 is 14.6 Å². The predicted octanol–water partition coefficient (Wildman–Crippen LogP) is 1.99. The van der Waals surface area contributed by atoms with Crippen LogP contribution in [0.5, 0.6) is 17.5 Å². The minimum atomic E-state index is -1.04. The van der Waals surface area contributed by atoms with Gasteiger partial charge in [0.2, 0.25) is 0 Å². The lowest BCUT2D eigenvalue weighted by atomic mass is 10.2. The van der Waals surface area contributed by atoms with E-state index in [1.165, 1.54) is 25.3 Å². The van der Waals surface area contributed by atoms with Gasteiger partial charge in [-0.2, -0.15) is 4.98 Å². The summed E-state index contributed by atoms with van der Waals surface area (Å²) >= 11 is 0. The van der Waals surface area contributed by atoms with E-state index in [-0.39, 0.29) is 17.3 Å². The Kier molecular flexibility index (Phi) is 3.79. The third-order valence-corrected chi connectivity index (χ3v) is 2.68. The topological polar surface area (TPSA) is 94.4 Å². The van der Waals surface area contributed by atoms with Crippen molar-refractivity contribution in [3.8, 4) is 17.5 Å². The van der Waals surface area contributed by atoms with Crippen molar-refractivity contribution >= 4 is 5.97 Å². The van der Waals surface area contributed by atoms with Gasteiger partial charge in [-0.05, 0) is 32.0 Å². The van der Waals surface area contributed by atoms with E-state index >= 15 is 0 Å². The highest BCUT2D eigenvalue weighted by atomic mass is 16.5. The van der Waals surface area contributed by atoms with Gasteiger partial charge in [-0.3, -0.25) is 0 Å². The monoisotopic (exact) mass is 275 g/mol. The lowest BCUT2D eigenvalue weighted by molar-refractivity contribution is 0.0696. The van der Waals surface area contributed by atoms with Crippen molar-refractivity contribution in [1.82, 2.24) is 15.2 Å². The van der Waals surface area contributed by atoms with E-state index in [2.05, 4.69) is 15.2 Å². The molecule has 0 unspecified atom stereocenters. The number of methoxy groups -OCH3 is 1. The van der Waals surface area contributed by atoms with Gasteiger partial charge in [0.15, 0.2) is 11.5 Å². The second-order valence-electron chi connectivity index (χ2n) is 4.04. The van der Waals surface area contributed by atoms with Crippen LogP contribution in [0.2, 0.25) is 0 Å². The maximum absolute atomic E-state index is 10.9. The zero-order valence-corrected chi connectivity index (χ0v) is 11.2. The highest BCUT2D eigenvalue weighted by Gasteiger charge is 2.12. The molecule has 1 aromatic heterocycles. The normalized spacial score (nSPS) is 10.2. The van der Waals surface area contributed by atoms with Crippen molar-refractivity contribution in [2.45, 2.75) is 13.8 Å². The first-order valence-corrected chi connectivity index (χ1v) is 5.78. The second-order valence-corrected chi connectivity index (χ2v) is 4.04. The molecule has 1 aromatic carbocycles. The van der Waals surface area contributed by atoms with Crippen molar-refractivity contribution in [2.75, 3.05) is 7.11 Å². The third kappa shape index (κ3) is 2.82. The minimum Gasteiger partial charge on any atom is -0.493 e. The molecule has 0 amide bonds. The van der Waals surface area contributed by atoms with Crippen LogP contribution >= 0.6 is 0 Å². The van der Waals surface area contributed by atoms with E-state index in [1.54, 1.807) is 13.8 Å². The third-order valence-electron chi connectivity index (χ3n) is 2.68. The van der Waals surface area contributed by atoms with E-state index in [9.17, 15) is 4.79 Å². The first-order chi connectivity index (χ1) is 9.51. The summed E-state index contributed by atoms with van der Waals surface area (Å²) in [6.45, 7) is 3.59. The Hall–Kier alpha value is -2.70. The molecule has 0 radical (unpaired) electrons. The number of carbonyl (C=O) groups is 1. The van der Waals surface area contributed by atoms with Crippen LogP contribution in [0.15, 0.2) is 18.2 Å². The summed E-state index contributed by atoms with van der Waals surface area (Å²) in [5, 5.41) is 16.6. The number of hydrogen-bond acceptors (Lipinski definition) is 6. The number of nitrogens with zero attached hydrogens (tertiary/aromatic N) is 3. The van der Waals surface area contributed by atoms with Crippen LogP contribution < -0.4 is 9.47 Å². The minimum absolute atomic E-state index is 0.0782. The molecule has 2 rings (SSSR count). The molecule has 0 saturated heterocycles. The van der Waals surface area contributed by atoms with Crippen molar-refractivity contribution in [3.05, 3.63) is 35.2 Å². The number of carboxylic acid groups (broad SMARTS) is 1. The van der Waals surface area contributed by atoms with Crippen molar-refractivity contribution < 1.29 is 19.4 Å². The standard InChI is InChI=1S/C13H13N3O4/c1-7-8(2)15-16-13(14-7)20-10-5-4-9(12(17)18)6-11(10)19-3/h4-6H,1-3H3,(H,17,18). The quantitative estimate of drug-likeness (QED) is 0.911. The molecule has 1 heterocycles. The Balaban J connectivity index is 2.32. The summed E-state index contributed by atoms with van der Waals surface area (Å²) in [6, 6.07) is 4.34. The Labute approximate surface area is 115 Å². The molecule has 0 aliphatic carbocycles. The molecule has 0 saturated carbocycles.